The van der Waals surface area contributed by atoms with Crippen LogP contribution in [0.5, 0.6) is 0 Å². The number of carbonyl (C=O) groups excluding carboxylic acids is 2. The third kappa shape index (κ3) is 4.14. The van der Waals surface area contributed by atoms with E-state index in [4.69, 9.17) is 0 Å². The molecule has 1 aliphatic carbocycles. The second-order valence-electron chi connectivity index (χ2n) is 8.38. The van der Waals surface area contributed by atoms with Crippen LogP contribution in [0.3, 0.4) is 0 Å². The number of rotatable bonds is 4. The molecular formula is C26H23FN4O3. The molecule has 2 amide bonds. The van der Waals surface area contributed by atoms with Gasteiger partial charge in [0, 0.05) is 24.2 Å². The number of halogens is 1. The number of piperazine rings is 1. The summed E-state index contributed by atoms with van der Waals surface area (Å²) in [5, 5.41) is 4.74. The van der Waals surface area contributed by atoms with Crippen LogP contribution in [-0.4, -0.2) is 51.0 Å². The van der Waals surface area contributed by atoms with Gasteiger partial charge in [-0.25, -0.2) is 4.39 Å². The van der Waals surface area contributed by atoms with Crippen molar-refractivity contribution in [2.75, 3.05) is 19.6 Å². The lowest BCUT2D eigenvalue weighted by Gasteiger charge is -2.35. The van der Waals surface area contributed by atoms with E-state index < -0.39 is 11.7 Å². The molecule has 34 heavy (non-hydrogen) atoms. The summed E-state index contributed by atoms with van der Waals surface area (Å²) in [6, 6.07) is 11.5. The SMILES string of the molecule is O=C(c1cc(Cn2ncc(=O)c3ccccc32)ccc1F)N1CCN(C2=CCCC=C2)C(=O)C1. The van der Waals surface area contributed by atoms with Crippen LogP contribution in [0.2, 0.25) is 0 Å². The maximum atomic E-state index is 14.7. The van der Waals surface area contributed by atoms with Crippen LogP contribution in [0, 0.1) is 5.82 Å². The van der Waals surface area contributed by atoms with Crippen molar-refractivity contribution in [3.8, 4) is 0 Å². The Morgan fingerprint density at radius 2 is 1.91 bits per heavy atom. The van der Waals surface area contributed by atoms with Gasteiger partial charge < -0.3 is 9.80 Å². The van der Waals surface area contributed by atoms with E-state index >= 15 is 0 Å². The lowest BCUT2D eigenvalue weighted by atomic mass is 10.1. The van der Waals surface area contributed by atoms with Gasteiger partial charge in [-0.05, 0) is 48.7 Å². The lowest BCUT2D eigenvalue weighted by molar-refractivity contribution is -0.132. The number of aromatic nitrogens is 2. The summed E-state index contributed by atoms with van der Waals surface area (Å²) in [5.41, 5.74) is 1.91. The fourth-order valence-corrected chi connectivity index (χ4v) is 4.38. The molecule has 1 aliphatic heterocycles. The number of para-hydroxylation sites is 1. The zero-order chi connectivity index (χ0) is 23.7. The van der Waals surface area contributed by atoms with Crippen molar-refractivity contribution in [3.05, 3.63) is 99.8 Å². The largest absolute Gasteiger partial charge is 0.327 e. The van der Waals surface area contributed by atoms with E-state index in [2.05, 4.69) is 5.10 Å². The number of fused-ring (bicyclic) bond motifs is 1. The van der Waals surface area contributed by atoms with Crippen LogP contribution >= 0.6 is 0 Å². The Morgan fingerprint density at radius 3 is 2.71 bits per heavy atom. The van der Waals surface area contributed by atoms with E-state index in [1.807, 2.05) is 24.3 Å². The first kappa shape index (κ1) is 21.8. The molecule has 0 unspecified atom stereocenters. The fraction of sp³-hybridized carbons (Fsp3) is 0.231. The number of nitrogens with zero attached hydrogens (tertiary/aromatic N) is 4. The average molecular weight is 458 g/mol. The Balaban J connectivity index is 1.36. The van der Waals surface area contributed by atoms with Gasteiger partial charge in [0.15, 0.2) is 0 Å². The molecule has 0 N–H and O–H groups in total. The third-order valence-corrected chi connectivity index (χ3v) is 6.15. The fourth-order valence-electron chi connectivity index (χ4n) is 4.38. The molecule has 1 aromatic heterocycles. The Morgan fingerprint density at radius 1 is 1.06 bits per heavy atom. The summed E-state index contributed by atoms with van der Waals surface area (Å²) in [5.74, 6) is -1.34. The van der Waals surface area contributed by atoms with E-state index in [-0.39, 0.29) is 30.0 Å². The third-order valence-electron chi connectivity index (χ3n) is 6.15. The summed E-state index contributed by atoms with van der Waals surface area (Å²) >= 11 is 0. The number of hydrogen-bond acceptors (Lipinski definition) is 4. The monoisotopic (exact) mass is 458 g/mol. The molecule has 8 heteroatoms. The number of hydrogen-bond donors (Lipinski definition) is 0. The molecule has 1 fully saturated rings. The van der Waals surface area contributed by atoms with Crippen LogP contribution in [0.25, 0.3) is 10.9 Å². The van der Waals surface area contributed by atoms with Gasteiger partial charge in [-0.2, -0.15) is 5.10 Å². The minimum atomic E-state index is -0.640. The van der Waals surface area contributed by atoms with Gasteiger partial charge in [-0.15, -0.1) is 0 Å². The molecule has 7 nitrogen and oxygen atoms in total. The number of amides is 2. The number of benzene rings is 2. The quantitative estimate of drug-likeness (QED) is 0.602. The zero-order valence-electron chi connectivity index (χ0n) is 18.5. The Kier molecular flexibility index (Phi) is 5.79. The first-order chi connectivity index (χ1) is 16.5. The van der Waals surface area contributed by atoms with Gasteiger partial charge in [0.05, 0.1) is 23.8 Å². The topological polar surface area (TPSA) is 75.5 Å². The van der Waals surface area contributed by atoms with Crippen molar-refractivity contribution in [1.82, 2.24) is 19.6 Å². The van der Waals surface area contributed by atoms with Crippen molar-refractivity contribution >= 4 is 22.7 Å². The molecule has 0 saturated carbocycles. The van der Waals surface area contributed by atoms with Gasteiger partial charge >= 0.3 is 0 Å². The summed E-state index contributed by atoms with van der Waals surface area (Å²) < 4.78 is 16.3. The Labute approximate surface area is 195 Å². The number of carbonyl (C=O) groups is 2. The minimum Gasteiger partial charge on any atom is -0.327 e. The molecule has 172 valence electrons. The lowest BCUT2D eigenvalue weighted by Crippen LogP contribution is -2.51. The molecule has 2 heterocycles. The summed E-state index contributed by atoms with van der Waals surface area (Å²) in [6.07, 6.45) is 9.07. The molecule has 2 aliphatic rings. The highest BCUT2D eigenvalue weighted by Crippen LogP contribution is 2.20. The highest BCUT2D eigenvalue weighted by Gasteiger charge is 2.30. The van der Waals surface area contributed by atoms with Crippen molar-refractivity contribution in [2.45, 2.75) is 19.4 Å². The van der Waals surface area contributed by atoms with E-state index in [0.717, 1.165) is 18.5 Å². The molecule has 1 saturated heterocycles. The smallest absolute Gasteiger partial charge is 0.257 e. The molecule has 0 spiro atoms. The van der Waals surface area contributed by atoms with Gasteiger partial charge in [-0.1, -0.05) is 30.4 Å². The highest BCUT2D eigenvalue weighted by molar-refractivity contribution is 5.97. The predicted molar refractivity (Wildman–Crippen MR) is 126 cm³/mol. The molecule has 0 bridgehead atoms. The molecule has 3 aromatic rings. The first-order valence-electron chi connectivity index (χ1n) is 11.2. The minimum absolute atomic E-state index is 0.0825. The highest BCUT2D eigenvalue weighted by atomic mass is 19.1. The summed E-state index contributed by atoms with van der Waals surface area (Å²) in [6.45, 7) is 0.856. The van der Waals surface area contributed by atoms with Crippen molar-refractivity contribution in [3.63, 3.8) is 0 Å². The van der Waals surface area contributed by atoms with Crippen LogP contribution in [-0.2, 0) is 11.3 Å². The van der Waals surface area contributed by atoms with Gasteiger partial charge in [-0.3, -0.25) is 19.1 Å². The van der Waals surface area contributed by atoms with Gasteiger partial charge in [0.1, 0.15) is 12.4 Å². The van der Waals surface area contributed by atoms with Crippen molar-refractivity contribution in [2.24, 2.45) is 0 Å². The van der Waals surface area contributed by atoms with Crippen molar-refractivity contribution < 1.29 is 14.0 Å². The summed E-state index contributed by atoms with van der Waals surface area (Å²) in [4.78, 5) is 41.0. The van der Waals surface area contributed by atoms with Gasteiger partial charge in [0.25, 0.3) is 5.91 Å². The van der Waals surface area contributed by atoms with Gasteiger partial charge in [0.2, 0.25) is 11.3 Å². The van der Waals surface area contributed by atoms with Crippen LogP contribution < -0.4 is 5.43 Å². The second-order valence-corrected chi connectivity index (χ2v) is 8.38. The molecule has 2 aromatic carbocycles. The van der Waals surface area contributed by atoms with E-state index in [1.54, 1.807) is 33.8 Å². The molecule has 0 radical (unpaired) electrons. The van der Waals surface area contributed by atoms with Crippen LogP contribution in [0.4, 0.5) is 4.39 Å². The molecular weight excluding hydrogens is 435 g/mol. The zero-order valence-corrected chi connectivity index (χ0v) is 18.5. The average Bonchev–Trinajstić information content (AvgIpc) is 2.87. The van der Waals surface area contributed by atoms with Crippen LogP contribution in [0.1, 0.15) is 28.8 Å². The number of allylic oxidation sites excluding steroid dienone is 3. The maximum absolute atomic E-state index is 14.7. The maximum Gasteiger partial charge on any atom is 0.257 e. The molecule has 5 rings (SSSR count). The normalized spacial score (nSPS) is 16.1. The summed E-state index contributed by atoms with van der Waals surface area (Å²) in [7, 11) is 0. The van der Waals surface area contributed by atoms with E-state index in [0.29, 0.717) is 29.6 Å². The van der Waals surface area contributed by atoms with E-state index in [1.165, 1.54) is 23.2 Å². The Bertz CT molecular complexity index is 1410. The second kappa shape index (κ2) is 9.05. The van der Waals surface area contributed by atoms with E-state index in [9.17, 15) is 18.8 Å². The van der Waals surface area contributed by atoms with Crippen LogP contribution in [0.15, 0.2) is 77.4 Å². The Hall–Kier alpha value is -4.07. The predicted octanol–water partition coefficient (Wildman–Crippen LogP) is 3.10. The standard InChI is InChI=1S/C26H23FN4O3/c27-22-11-10-18(16-31-23-9-5-4-8-20(23)24(32)15-28-31)14-21(22)26(34)29-12-13-30(25(33)17-29)19-6-2-1-3-7-19/h2,4-11,14-15H,1,3,12-13,16-17H2. The molecule has 0 atom stereocenters. The van der Waals surface area contributed by atoms with Crippen molar-refractivity contribution in [1.29, 1.82) is 0 Å². The first-order valence-corrected chi connectivity index (χ1v) is 11.2.